The monoisotopic (exact) mass is 597 g/mol. The molecule has 3 heteroatoms. The van der Waals surface area contributed by atoms with Gasteiger partial charge in [0.05, 0.1) is 33.6 Å². The van der Waals surface area contributed by atoms with Gasteiger partial charge >= 0.3 is 0 Å². The molecule has 0 N–H and O–H groups in total. The molecule has 0 unspecified atom stereocenters. The second kappa shape index (κ2) is 10.1. The second-order valence-corrected chi connectivity index (χ2v) is 12.2. The Morgan fingerprint density at radius 1 is 0.362 bits per heavy atom. The zero-order valence-electron chi connectivity index (χ0n) is 25.4. The molecule has 2 heterocycles. The fraction of sp³-hybridized carbons (Fsp3) is 0. The lowest BCUT2D eigenvalue weighted by Gasteiger charge is -2.15. The molecule has 0 saturated carbocycles. The Hall–Kier alpha value is -6.32. The summed E-state index contributed by atoms with van der Waals surface area (Å²) in [5.41, 5.74) is 8.91. The predicted octanol–water partition coefficient (Wildman–Crippen LogP) is 11.5. The fourth-order valence-electron chi connectivity index (χ4n) is 7.48. The van der Waals surface area contributed by atoms with E-state index in [1.54, 1.807) is 0 Å². The Kier molecular flexibility index (Phi) is 5.57. The van der Waals surface area contributed by atoms with Gasteiger partial charge in [0.15, 0.2) is 0 Å². The SMILES string of the molecule is c1ccc(-c2nc3cccc(-n4c5ccccc5c5c6ccc7ccc8ccccc8c7c6ccc54)c3nc2-c2ccccc2)cc1. The molecule has 0 radical (unpaired) electrons. The van der Waals surface area contributed by atoms with E-state index in [0.29, 0.717) is 0 Å². The number of hydrogen-bond acceptors (Lipinski definition) is 2. The highest BCUT2D eigenvalue weighted by atomic mass is 15.0. The molecule has 3 nitrogen and oxygen atoms in total. The van der Waals surface area contributed by atoms with Crippen LogP contribution in [0, 0.1) is 0 Å². The van der Waals surface area contributed by atoms with E-state index in [2.05, 4.69) is 156 Å². The molecule has 0 aliphatic rings. The molecule has 0 spiro atoms. The number of nitrogens with zero attached hydrogens (tertiary/aromatic N) is 3. The summed E-state index contributed by atoms with van der Waals surface area (Å²) in [4.78, 5) is 10.7. The molecule has 10 aromatic rings. The average molecular weight is 598 g/mol. The van der Waals surface area contributed by atoms with Crippen LogP contribution in [0.25, 0.3) is 93.4 Å². The first kappa shape index (κ1) is 26.0. The maximum Gasteiger partial charge on any atom is 0.113 e. The van der Waals surface area contributed by atoms with Crippen molar-refractivity contribution in [2.75, 3.05) is 0 Å². The van der Waals surface area contributed by atoms with Crippen molar-refractivity contribution in [3.63, 3.8) is 0 Å². The first-order chi connectivity index (χ1) is 23.3. The second-order valence-electron chi connectivity index (χ2n) is 12.2. The average Bonchev–Trinajstić information content (AvgIpc) is 3.49. The number of hydrogen-bond donors (Lipinski definition) is 0. The van der Waals surface area contributed by atoms with Crippen molar-refractivity contribution in [3.05, 3.63) is 164 Å². The zero-order valence-corrected chi connectivity index (χ0v) is 25.4. The molecule has 0 bridgehead atoms. The molecule has 0 atom stereocenters. The van der Waals surface area contributed by atoms with E-state index in [-0.39, 0.29) is 0 Å². The maximum atomic E-state index is 5.45. The third-order valence-corrected chi connectivity index (χ3v) is 9.55. The molecule has 218 valence electrons. The molecule has 0 amide bonds. The van der Waals surface area contributed by atoms with Crippen LogP contribution in [0.4, 0.5) is 0 Å². The van der Waals surface area contributed by atoms with E-state index in [1.165, 1.54) is 43.1 Å². The Balaban J connectivity index is 1.32. The zero-order chi connectivity index (χ0) is 30.9. The minimum atomic E-state index is 0.866. The van der Waals surface area contributed by atoms with Crippen LogP contribution in [0.3, 0.4) is 0 Å². The molecule has 0 aliphatic carbocycles. The molecular formula is C44H27N3. The molecule has 0 fully saturated rings. The maximum absolute atomic E-state index is 5.45. The van der Waals surface area contributed by atoms with Gasteiger partial charge in [-0.15, -0.1) is 0 Å². The summed E-state index contributed by atoms with van der Waals surface area (Å²) in [6.45, 7) is 0. The van der Waals surface area contributed by atoms with Gasteiger partial charge in [0, 0.05) is 21.9 Å². The molecule has 0 aliphatic heterocycles. The summed E-state index contributed by atoms with van der Waals surface area (Å²) in [5, 5.41) is 10.1. The van der Waals surface area contributed by atoms with Crippen LogP contribution in [0.2, 0.25) is 0 Å². The topological polar surface area (TPSA) is 30.7 Å². The van der Waals surface area contributed by atoms with E-state index in [9.17, 15) is 0 Å². The van der Waals surface area contributed by atoms with Gasteiger partial charge in [-0.1, -0.05) is 140 Å². The largest absolute Gasteiger partial charge is 0.307 e. The van der Waals surface area contributed by atoms with Crippen LogP contribution in [0.5, 0.6) is 0 Å². The van der Waals surface area contributed by atoms with Crippen molar-refractivity contribution in [2.24, 2.45) is 0 Å². The normalized spacial score (nSPS) is 11.8. The first-order valence-corrected chi connectivity index (χ1v) is 16.0. The van der Waals surface area contributed by atoms with Gasteiger partial charge < -0.3 is 4.57 Å². The highest BCUT2D eigenvalue weighted by molar-refractivity contribution is 6.29. The highest BCUT2D eigenvalue weighted by Crippen LogP contribution is 2.42. The van der Waals surface area contributed by atoms with E-state index < -0.39 is 0 Å². The summed E-state index contributed by atoms with van der Waals surface area (Å²) in [5.74, 6) is 0. The third kappa shape index (κ3) is 3.87. The summed E-state index contributed by atoms with van der Waals surface area (Å²) in [6, 6.07) is 58.2. The van der Waals surface area contributed by atoms with Gasteiger partial charge in [-0.05, 0) is 56.6 Å². The Morgan fingerprint density at radius 3 is 1.79 bits per heavy atom. The lowest BCUT2D eigenvalue weighted by Crippen LogP contribution is -2.01. The van der Waals surface area contributed by atoms with Gasteiger partial charge in [-0.25, -0.2) is 9.97 Å². The van der Waals surface area contributed by atoms with E-state index >= 15 is 0 Å². The number of benzene rings is 8. The van der Waals surface area contributed by atoms with E-state index in [1.807, 2.05) is 12.1 Å². The van der Waals surface area contributed by atoms with Crippen LogP contribution in [0.1, 0.15) is 0 Å². The van der Waals surface area contributed by atoms with Gasteiger partial charge in [0.2, 0.25) is 0 Å². The molecule has 0 saturated heterocycles. The van der Waals surface area contributed by atoms with Crippen molar-refractivity contribution >= 4 is 65.2 Å². The Labute approximate surface area is 271 Å². The number of aromatic nitrogens is 3. The van der Waals surface area contributed by atoms with E-state index in [4.69, 9.17) is 9.97 Å². The van der Waals surface area contributed by atoms with Crippen molar-refractivity contribution in [3.8, 4) is 28.2 Å². The molecular weight excluding hydrogens is 571 g/mol. The van der Waals surface area contributed by atoms with Gasteiger partial charge in [0.1, 0.15) is 5.52 Å². The smallest absolute Gasteiger partial charge is 0.113 e. The lowest BCUT2D eigenvalue weighted by molar-refractivity contribution is 1.17. The lowest BCUT2D eigenvalue weighted by atomic mass is 9.94. The van der Waals surface area contributed by atoms with Crippen LogP contribution in [-0.2, 0) is 0 Å². The standard InChI is InChI=1S/C44H27N3/c1-3-13-30(14-4-1)42-43(31-15-5-2-6-16-31)46-44-36(45-42)19-11-21-39(44)47-37-20-10-9-18-35(37)41-34-25-24-29-23-22-28-12-7-8-17-32(28)40(29)33(34)26-27-38(41)47/h1-27H. The van der Waals surface area contributed by atoms with Crippen LogP contribution >= 0.6 is 0 Å². The van der Waals surface area contributed by atoms with Gasteiger partial charge in [-0.2, -0.15) is 0 Å². The summed E-state index contributed by atoms with van der Waals surface area (Å²) >= 11 is 0. The van der Waals surface area contributed by atoms with Crippen molar-refractivity contribution in [2.45, 2.75) is 0 Å². The van der Waals surface area contributed by atoms with Gasteiger partial charge in [-0.3, -0.25) is 0 Å². The van der Waals surface area contributed by atoms with Gasteiger partial charge in [0.25, 0.3) is 0 Å². The minimum Gasteiger partial charge on any atom is -0.307 e. The van der Waals surface area contributed by atoms with E-state index in [0.717, 1.165) is 50.3 Å². The van der Waals surface area contributed by atoms with Crippen molar-refractivity contribution in [1.29, 1.82) is 0 Å². The minimum absolute atomic E-state index is 0.866. The molecule has 8 aromatic carbocycles. The predicted molar refractivity (Wildman–Crippen MR) is 197 cm³/mol. The van der Waals surface area contributed by atoms with Crippen LogP contribution in [-0.4, -0.2) is 14.5 Å². The fourth-order valence-corrected chi connectivity index (χ4v) is 7.48. The highest BCUT2D eigenvalue weighted by Gasteiger charge is 2.20. The quantitative estimate of drug-likeness (QED) is 0.190. The first-order valence-electron chi connectivity index (χ1n) is 16.0. The Bertz CT molecular complexity index is 2830. The number of rotatable bonds is 3. The summed E-state index contributed by atoms with van der Waals surface area (Å²) in [7, 11) is 0. The van der Waals surface area contributed by atoms with Crippen molar-refractivity contribution < 1.29 is 0 Å². The van der Waals surface area contributed by atoms with Crippen molar-refractivity contribution in [1.82, 2.24) is 14.5 Å². The summed E-state index contributed by atoms with van der Waals surface area (Å²) in [6.07, 6.45) is 0. The number of para-hydroxylation sites is 2. The van der Waals surface area contributed by atoms with Crippen LogP contribution < -0.4 is 0 Å². The summed E-state index contributed by atoms with van der Waals surface area (Å²) < 4.78 is 2.38. The number of fused-ring (bicyclic) bond motifs is 10. The molecule has 10 rings (SSSR count). The van der Waals surface area contributed by atoms with Crippen LogP contribution in [0.15, 0.2) is 164 Å². The third-order valence-electron chi connectivity index (χ3n) is 9.55. The molecule has 47 heavy (non-hydrogen) atoms. The molecule has 2 aromatic heterocycles. The Morgan fingerprint density at radius 2 is 0.979 bits per heavy atom.